The molecule has 0 saturated heterocycles. The summed E-state index contributed by atoms with van der Waals surface area (Å²) in [5.41, 5.74) is 0. The van der Waals surface area contributed by atoms with E-state index in [-0.39, 0.29) is 6.10 Å². The second-order valence-corrected chi connectivity index (χ2v) is 5.91. The van der Waals surface area contributed by atoms with E-state index in [0.717, 1.165) is 12.2 Å². The minimum absolute atomic E-state index is 0.326. The Labute approximate surface area is 114 Å². The lowest BCUT2D eigenvalue weighted by molar-refractivity contribution is 0.0855. The Morgan fingerprint density at radius 1 is 1.28 bits per heavy atom. The van der Waals surface area contributed by atoms with Crippen LogP contribution in [0.15, 0.2) is 29.2 Å². The Morgan fingerprint density at radius 3 is 2.56 bits per heavy atom. The fourth-order valence-electron chi connectivity index (χ4n) is 2.56. The summed E-state index contributed by atoms with van der Waals surface area (Å²) in [7, 11) is 0. The van der Waals surface area contributed by atoms with Gasteiger partial charge >= 0.3 is 0 Å². The van der Waals surface area contributed by atoms with Crippen molar-refractivity contribution in [2.75, 3.05) is 12.9 Å². The smallest absolute Gasteiger partial charge is 0.119 e. The first-order chi connectivity index (χ1) is 8.78. The summed E-state index contributed by atoms with van der Waals surface area (Å²) in [6.45, 7) is 0.412. The quantitative estimate of drug-likeness (QED) is 0.796. The maximum atomic E-state index is 9.94. The van der Waals surface area contributed by atoms with Crippen LogP contribution in [-0.4, -0.2) is 24.1 Å². The number of benzene rings is 1. The molecule has 1 unspecified atom stereocenters. The van der Waals surface area contributed by atoms with E-state index in [2.05, 4.69) is 6.26 Å². The van der Waals surface area contributed by atoms with Gasteiger partial charge in [-0.05, 0) is 42.9 Å². The topological polar surface area (TPSA) is 29.5 Å². The summed E-state index contributed by atoms with van der Waals surface area (Å²) in [5.74, 6) is 1.56. The lowest BCUT2D eigenvalue weighted by atomic mass is 10.0. The van der Waals surface area contributed by atoms with Gasteiger partial charge in [-0.1, -0.05) is 25.7 Å². The van der Waals surface area contributed by atoms with Crippen LogP contribution in [0.1, 0.15) is 32.1 Å². The highest BCUT2D eigenvalue weighted by Crippen LogP contribution is 2.28. The standard InChI is InChI=1S/C15H22O2S/c1-18-15-8-6-14(7-9-15)17-11-13(16)10-12-4-2-3-5-12/h6-9,12-13,16H,2-5,10-11H2,1H3. The van der Waals surface area contributed by atoms with E-state index in [4.69, 9.17) is 4.74 Å². The van der Waals surface area contributed by atoms with Gasteiger partial charge in [-0.25, -0.2) is 0 Å². The van der Waals surface area contributed by atoms with Gasteiger partial charge in [-0.2, -0.15) is 0 Å². The lowest BCUT2D eigenvalue weighted by Gasteiger charge is -2.16. The third-order valence-corrected chi connectivity index (χ3v) is 4.33. The van der Waals surface area contributed by atoms with E-state index in [1.807, 2.05) is 24.3 Å². The van der Waals surface area contributed by atoms with Gasteiger partial charge in [0.25, 0.3) is 0 Å². The Bertz CT molecular complexity index is 344. The molecule has 1 N–H and O–H groups in total. The molecule has 1 aromatic carbocycles. The van der Waals surface area contributed by atoms with Crippen LogP contribution in [0.5, 0.6) is 5.75 Å². The van der Waals surface area contributed by atoms with E-state index >= 15 is 0 Å². The molecule has 0 radical (unpaired) electrons. The molecular weight excluding hydrogens is 244 g/mol. The molecule has 1 aromatic rings. The molecule has 100 valence electrons. The third kappa shape index (κ3) is 4.21. The van der Waals surface area contributed by atoms with E-state index in [9.17, 15) is 5.11 Å². The van der Waals surface area contributed by atoms with Crippen molar-refractivity contribution in [1.29, 1.82) is 0 Å². The predicted molar refractivity (Wildman–Crippen MR) is 76.3 cm³/mol. The van der Waals surface area contributed by atoms with Crippen LogP contribution >= 0.6 is 11.8 Å². The van der Waals surface area contributed by atoms with Gasteiger partial charge in [-0.3, -0.25) is 0 Å². The van der Waals surface area contributed by atoms with E-state index < -0.39 is 0 Å². The van der Waals surface area contributed by atoms with Gasteiger partial charge in [0, 0.05) is 4.90 Å². The van der Waals surface area contributed by atoms with Crippen molar-refractivity contribution < 1.29 is 9.84 Å². The maximum absolute atomic E-state index is 9.94. The van der Waals surface area contributed by atoms with Crippen LogP contribution in [-0.2, 0) is 0 Å². The Morgan fingerprint density at radius 2 is 1.94 bits per heavy atom. The van der Waals surface area contributed by atoms with Crippen molar-refractivity contribution in [2.45, 2.75) is 43.1 Å². The highest BCUT2D eigenvalue weighted by atomic mass is 32.2. The first kappa shape index (κ1) is 13.8. The number of aliphatic hydroxyl groups is 1. The van der Waals surface area contributed by atoms with Gasteiger partial charge in [0.2, 0.25) is 0 Å². The Kier molecular flexibility index (Phi) is 5.39. The molecule has 1 atom stereocenters. The minimum Gasteiger partial charge on any atom is -0.491 e. The van der Waals surface area contributed by atoms with Crippen molar-refractivity contribution in [1.82, 2.24) is 0 Å². The van der Waals surface area contributed by atoms with E-state index in [0.29, 0.717) is 12.5 Å². The maximum Gasteiger partial charge on any atom is 0.119 e. The summed E-state index contributed by atoms with van der Waals surface area (Å²) in [6, 6.07) is 8.02. The number of hydrogen-bond donors (Lipinski definition) is 1. The first-order valence-electron chi connectivity index (χ1n) is 6.73. The summed E-state index contributed by atoms with van der Waals surface area (Å²) < 4.78 is 5.62. The van der Waals surface area contributed by atoms with Gasteiger partial charge in [-0.15, -0.1) is 11.8 Å². The highest BCUT2D eigenvalue weighted by molar-refractivity contribution is 7.98. The molecule has 0 bridgehead atoms. The van der Waals surface area contributed by atoms with Gasteiger partial charge < -0.3 is 9.84 Å². The average molecular weight is 266 g/mol. The normalized spacial score (nSPS) is 17.9. The molecule has 0 aromatic heterocycles. The molecule has 0 heterocycles. The van der Waals surface area contributed by atoms with E-state index in [1.54, 1.807) is 11.8 Å². The molecule has 0 amide bonds. The van der Waals surface area contributed by atoms with Crippen molar-refractivity contribution >= 4 is 11.8 Å². The van der Waals surface area contributed by atoms with Crippen molar-refractivity contribution in [3.05, 3.63) is 24.3 Å². The summed E-state index contributed by atoms with van der Waals surface area (Å²) in [5, 5.41) is 9.94. The van der Waals surface area contributed by atoms with Crippen LogP contribution in [0.4, 0.5) is 0 Å². The Hall–Kier alpha value is -0.670. The number of thioether (sulfide) groups is 1. The van der Waals surface area contributed by atoms with Crippen LogP contribution in [0.3, 0.4) is 0 Å². The van der Waals surface area contributed by atoms with Crippen LogP contribution in [0.2, 0.25) is 0 Å². The second-order valence-electron chi connectivity index (χ2n) is 5.03. The third-order valence-electron chi connectivity index (χ3n) is 3.58. The van der Waals surface area contributed by atoms with Gasteiger partial charge in [0.05, 0.1) is 6.10 Å². The number of ether oxygens (including phenoxy) is 1. The number of aliphatic hydroxyl groups excluding tert-OH is 1. The first-order valence-corrected chi connectivity index (χ1v) is 7.95. The molecule has 2 nitrogen and oxygen atoms in total. The Balaban J connectivity index is 1.72. The molecular formula is C15H22O2S. The van der Waals surface area contributed by atoms with Crippen LogP contribution < -0.4 is 4.74 Å². The summed E-state index contributed by atoms with van der Waals surface area (Å²) >= 11 is 1.72. The molecule has 1 aliphatic carbocycles. The molecule has 3 heteroatoms. The molecule has 18 heavy (non-hydrogen) atoms. The molecule has 0 aliphatic heterocycles. The van der Waals surface area contributed by atoms with Crippen molar-refractivity contribution in [3.63, 3.8) is 0 Å². The molecule has 1 aliphatic rings. The monoisotopic (exact) mass is 266 g/mol. The molecule has 1 saturated carbocycles. The second kappa shape index (κ2) is 7.05. The minimum atomic E-state index is -0.326. The van der Waals surface area contributed by atoms with Gasteiger partial charge in [0.1, 0.15) is 12.4 Å². The largest absolute Gasteiger partial charge is 0.491 e. The van der Waals surface area contributed by atoms with Crippen LogP contribution in [0.25, 0.3) is 0 Å². The molecule has 0 spiro atoms. The lowest BCUT2D eigenvalue weighted by Crippen LogP contribution is -2.20. The predicted octanol–water partition coefficient (Wildman–Crippen LogP) is 3.73. The molecule has 1 fully saturated rings. The van der Waals surface area contributed by atoms with E-state index in [1.165, 1.54) is 30.6 Å². The SMILES string of the molecule is CSc1ccc(OCC(O)CC2CCCC2)cc1. The van der Waals surface area contributed by atoms with Crippen molar-refractivity contribution in [3.8, 4) is 5.75 Å². The zero-order valence-electron chi connectivity index (χ0n) is 11.0. The van der Waals surface area contributed by atoms with Crippen molar-refractivity contribution in [2.24, 2.45) is 5.92 Å². The molecule has 2 rings (SSSR count). The number of rotatable bonds is 6. The zero-order chi connectivity index (χ0) is 12.8. The highest BCUT2D eigenvalue weighted by Gasteiger charge is 2.19. The zero-order valence-corrected chi connectivity index (χ0v) is 11.8. The average Bonchev–Trinajstić information content (AvgIpc) is 2.90. The fourth-order valence-corrected chi connectivity index (χ4v) is 2.97. The van der Waals surface area contributed by atoms with Crippen LogP contribution in [0, 0.1) is 5.92 Å². The number of hydrogen-bond acceptors (Lipinski definition) is 3. The fraction of sp³-hybridized carbons (Fsp3) is 0.600. The van der Waals surface area contributed by atoms with Gasteiger partial charge in [0.15, 0.2) is 0 Å². The summed E-state index contributed by atoms with van der Waals surface area (Å²) in [4.78, 5) is 1.23. The summed E-state index contributed by atoms with van der Waals surface area (Å²) in [6.07, 6.45) is 7.83.